The van der Waals surface area contributed by atoms with Crippen LogP contribution in [0.2, 0.25) is 0 Å². The topological polar surface area (TPSA) is 53.6 Å². The second-order valence-electron chi connectivity index (χ2n) is 5.00. The Morgan fingerprint density at radius 3 is 3.24 bits per heavy atom. The highest BCUT2D eigenvalue weighted by atomic mass is 16.5. The summed E-state index contributed by atoms with van der Waals surface area (Å²) in [6.07, 6.45) is 3.35. The van der Waals surface area contributed by atoms with Gasteiger partial charge in [0.05, 0.1) is 18.8 Å². The van der Waals surface area contributed by atoms with Gasteiger partial charge in [-0.15, -0.1) is 0 Å². The molecule has 0 saturated carbocycles. The van der Waals surface area contributed by atoms with Gasteiger partial charge in [0.2, 0.25) is 5.91 Å². The lowest BCUT2D eigenvalue weighted by atomic mass is 10.1. The Hall–Kier alpha value is -0.650. The van der Waals surface area contributed by atoms with Gasteiger partial charge in [0.25, 0.3) is 0 Å². The molecule has 2 fully saturated rings. The molecule has 5 heteroatoms. The molecule has 2 aliphatic heterocycles. The van der Waals surface area contributed by atoms with Gasteiger partial charge >= 0.3 is 0 Å². The number of carbonyl (C=O) groups is 1. The Balaban J connectivity index is 1.74. The molecule has 2 rings (SSSR count). The number of ether oxygens (including phenoxy) is 1. The van der Waals surface area contributed by atoms with Crippen molar-refractivity contribution >= 4 is 5.91 Å². The van der Waals surface area contributed by atoms with Crippen molar-refractivity contribution in [2.45, 2.75) is 31.4 Å². The Bertz CT molecular complexity index is 260. The Kier molecular flexibility index (Phi) is 4.76. The maximum atomic E-state index is 11.7. The minimum absolute atomic E-state index is 0.0340. The van der Waals surface area contributed by atoms with Crippen molar-refractivity contribution in [1.82, 2.24) is 15.5 Å². The van der Waals surface area contributed by atoms with Gasteiger partial charge in [-0.05, 0) is 26.3 Å². The molecule has 1 amide bonds. The summed E-state index contributed by atoms with van der Waals surface area (Å²) >= 11 is 0. The molecule has 2 heterocycles. The minimum Gasteiger partial charge on any atom is -0.374 e. The first-order chi connectivity index (χ1) is 8.25. The van der Waals surface area contributed by atoms with E-state index in [0.29, 0.717) is 0 Å². The van der Waals surface area contributed by atoms with Crippen LogP contribution in [-0.4, -0.2) is 62.8 Å². The zero-order valence-corrected chi connectivity index (χ0v) is 10.6. The van der Waals surface area contributed by atoms with Crippen LogP contribution in [0.15, 0.2) is 0 Å². The summed E-state index contributed by atoms with van der Waals surface area (Å²) in [6, 6.07) is -0.0340. The van der Waals surface area contributed by atoms with Gasteiger partial charge < -0.3 is 20.3 Å². The van der Waals surface area contributed by atoms with Crippen LogP contribution in [0.4, 0.5) is 0 Å². The molecule has 0 aromatic heterocycles. The largest absolute Gasteiger partial charge is 0.374 e. The van der Waals surface area contributed by atoms with Crippen molar-refractivity contribution < 1.29 is 9.53 Å². The summed E-state index contributed by atoms with van der Waals surface area (Å²) in [4.78, 5) is 14.0. The van der Waals surface area contributed by atoms with E-state index in [-0.39, 0.29) is 18.1 Å². The van der Waals surface area contributed by atoms with E-state index in [2.05, 4.69) is 22.6 Å². The second kappa shape index (κ2) is 6.33. The van der Waals surface area contributed by atoms with Crippen LogP contribution in [0.3, 0.4) is 0 Å². The van der Waals surface area contributed by atoms with Crippen molar-refractivity contribution in [3.05, 3.63) is 0 Å². The van der Waals surface area contributed by atoms with Crippen LogP contribution in [-0.2, 0) is 9.53 Å². The number of carbonyl (C=O) groups excluding carboxylic acids is 1. The van der Waals surface area contributed by atoms with E-state index < -0.39 is 0 Å². The third-order valence-corrected chi connectivity index (χ3v) is 3.47. The molecule has 0 aliphatic carbocycles. The highest BCUT2D eigenvalue weighted by molar-refractivity contribution is 5.81. The third kappa shape index (κ3) is 3.94. The molecule has 0 aromatic carbocycles. The molecule has 0 radical (unpaired) electrons. The number of nitrogens with zero attached hydrogens (tertiary/aromatic N) is 1. The van der Waals surface area contributed by atoms with Crippen LogP contribution < -0.4 is 10.6 Å². The average molecular weight is 241 g/mol. The molecule has 2 aliphatic rings. The number of rotatable bonds is 3. The molecule has 2 N–H and O–H groups in total. The van der Waals surface area contributed by atoms with E-state index >= 15 is 0 Å². The van der Waals surface area contributed by atoms with Crippen molar-refractivity contribution in [3.8, 4) is 0 Å². The van der Waals surface area contributed by atoms with Crippen molar-refractivity contribution in [3.63, 3.8) is 0 Å². The van der Waals surface area contributed by atoms with Gasteiger partial charge in [-0.2, -0.15) is 0 Å². The summed E-state index contributed by atoms with van der Waals surface area (Å²) in [5, 5.41) is 6.28. The molecule has 0 bridgehead atoms. The number of hydrogen-bond donors (Lipinski definition) is 2. The maximum Gasteiger partial charge on any atom is 0.237 e. The van der Waals surface area contributed by atoms with E-state index in [1.807, 2.05) is 0 Å². The van der Waals surface area contributed by atoms with E-state index in [0.717, 1.165) is 52.0 Å². The lowest BCUT2D eigenvalue weighted by molar-refractivity contribution is -0.123. The molecular formula is C12H23N3O2. The fraction of sp³-hybridized carbons (Fsp3) is 0.917. The molecular weight excluding hydrogens is 218 g/mol. The number of amides is 1. The molecule has 2 atom stereocenters. The van der Waals surface area contributed by atoms with Crippen LogP contribution in [0.1, 0.15) is 19.3 Å². The van der Waals surface area contributed by atoms with Crippen LogP contribution >= 0.6 is 0 Å². The first-order valence-electron chi connectivity index (χ1n) is 6.57. The number of likely N-dealkylation sites (N-methyl/N-ethyl adjacent to an activating group) is 1. The number of nitrogens with one attached hydrogen (secondary N) is 2. The van der Waals surface area contributed by atoms with Gasteiger partial charge in [-0.25, -0.2) is 0 Å². The first-order valence-corrected chi connectivity index (χ1v) is 6.57. The van der Waals surface area contributed by atoms with E-state index in [9.17, 15) is 4.79 Å². The van der Waals surface area contributed by atoms with Gasteiger partial charge in [-0.3, -0.25) is 4.79 Å². The zero-order valence-electron chi connectivity index (χ0n) is 10.6. The van der Waals surface area contributed by atoms with Gasteiger partial charge in [-0.1, -0.05) is 0 Å². The summed E-state index contributed by atoms with van der Waals surface area (Å²) in [6.45, 7) is 4.32. The standard InChI is InChI=1S/C12H23N3O2/c1-15-6-7-17-10(9-15)8-14-11-4-2-3-5-13-12(11)16/h10-11,14H,2-9H2,1H3,(H,13,16). The molecule has 5 nitrogen and oxygen atoms in total. The summed E-state index contributed by atoms with van der Waals surface area (Å²) in [5.74, 6) is 0.145. The Morgan fingerprint density at radius 2 is 2.41 bits per heavy atom. The number of hydrogen-bond acceptors (Lipinski definition) is 4. The highest BCUT2D eigenvalue weighted by Gasteiger charge is 2.23. The molecule has 2 unspecified atom stereocenters. The molecule has 0 spiro atoms. The normalized spacial score (nSPS) is 31.9. The van der Waals surface area contributed by atoms with Crippen molar-refractivity contribution in [2.24, 2.45) is 0 Å². The van der Waals surface area contributed by atoms with Crippen molar-refractivity contribution in [2.75, 3.05) is 39.8 Å². The predicted molar refractivity (Wildman–Crippen MR) is 65.9 cm³/mol. The lowest BCUT2D eigenvalue weighted by Crippen LogP contribution is -2.50. The summed E-state index contributed by atoms with van der Waals surface area (Å²) in [7, 11) is 2.11. The fourth-order valence-corrected chi connectivity index (χ4v) is 2.40. The summed E-state index contributed by atoms with van der Waals surface area (Å²) < 4.78 is 5.67. The average Bonchev–Trinajstić information content (AvgIpc) is 2.52. The van der Waals surface area contributed by atoms with Gasteiger partial charge in [0.1, 0.15) is 0 Å². The van der Waals surface area contributed by atoms with Crippen LogP contribution in [0.5, 0.6) is 0 Å². The number of morpholine rings is 1. The Labute approximate surface area is 103 Å². The monoisotopic (exact) mass is 241 g/mol. The van der Waals surface area contributed by atoms with Crippen LogP contribution in [0, 0.1) is 0 Å². The van der Waals surface area contributed by atoms with E-state index in [1.165, 1.54) is 0 Å². The smallest absolute Gasteiger partial charge is 0.237 e. The highest BCUT2D eigenvalue weighted by Crippen LogP contribution is 2.07. The van der Waals surface area contributed by atoms with Crippen molar-refractivity contribution in [1.29, 1.82) is 0 Å². The van der Waals surface area contributed by atoms with Gasteiger partial charge in [0, 0.05) is 26.2 Å². The van der Waals surface area contributed by atoms with E-state index in [1.54, 1.807) is 0 Å². The van der Waals surface area contributed by atoms with E-state index in [4.69, 9.17) is 4.74 Å². The lowest BCUT2D eigenvalue weighted by Gasteiger charge is -2.31. The zero-order chi connectivity index (χ0) is 12.1. The molecule has 2 saturated heterocycles. The quantitative estimate of drug-likeness (QED) is 0.704. The van der Waals surface area contributed by atoms with Crippen LogP contribution in [0.25, 0.3) is 0 Å². The first kappa shape index (κ1) is 12.8. The molecule has 0 aromatic rings. The third-order valence-electron chi connectivity index (χ3n) is 3.47. The maximum absolute atomic E-state index is 11.7. The second-order valence-corrected chi connectivity index (χ2v) is 5.00. The van der Waals surface area contributed by atoms with Gasteiger partial charge in [0.15, 0.2) is 0 Å². The fourth-order valence-electron chi connectivity index (χ4n) is 2.40. The molecule has 17 heavy (non-hydrogen) atoms. The summed E-state index contributed by atoms with van der Waals surface area (Å²) in [5.41, 5.74) is 0. The Morgan fingerprint density at radius 1 is 1.53 bits per heavy atom. The molecule has 98 valence electrons. The predicted octanol–water partition coefficient (Wildman–Crippen LogP) is -0.425. The SMILES string of the molecule is CN1CCOC(CNC2CCCCNC2=O)C1. The minimum atomic E-state index is -0.0340.